The minimum atomic E-state index is -0.469. The van der Waals surface area contributed by atoms with Gasteiger partial charge in [0.25, 0.3) is 5.69 Å². The number of hydrogen-bond acceptors (Lipinski definition) is 7. The number of non-ortho nitro benzene ring substituents is 1. The Morgan fingerprint density at radius 3 is 1.97 bits per heavy atom. The summed E-state index contributed by atoms with van der Waals surface area (Å²) in [4.78, 5) is 14.8. The van der Waals surface area contributed by atoms with Crippen molar-refractivity contribution in [1.29, 1.82) is 5.26 Å². The third-order valence-electron chi connectivity index (χ3n) is 5.17. The highest BCUT2D eigenvalue weighted by atomic mass is 16.6. The summed E-state index contributed by atoms with van der Waals surface area (Å²) in [6.07, 6.45) is 1.50. The van der Waals surface area contributed by atoms with Crippen molar-refractivity contribution >= 4 is 17.8 Å². The minimum Gasteiger partial charge on any atom is -0.497 e. The molecule has 34 heavy (non-hydrogen) atoms. The Bertz CT molecular complexity index is 1380. The van der Waals surface area contributed by atoms with E-state index in [0.717, 1.165) is 11.1 Å². The van der Waals surface area contributed by atoms with Crippen molar-refractivity contribution in [2.45, 2.75) is 0 Å². The molecule has 0 bridgehead atoms. The van der Waals surface area contributed by atoms with E-state index in [4.69, 9.17) is 13.9 Å². The molecule has 0 radical (unpaired) electrons. The number of nitriles is 1. The number of benzene rings is 3. The minimum absolute atomic E-state index is 0.0172. The maximum Gasteiger partial charge on any atom is 0.269 e. The normalized spacial score (nSPS) is 10.7. The zero-order valence-electron chi connectivity index (χ0n) is 18.4. The third kappa shape index (κ3) is 4.49. The van der Waals surface area contributed by atoms with Crippen molar-refractivity contribution in [3.63, 3.8) is 0 Å². The largest absolute Gasteiger partial charge is 0.497 e. The number of furan rings is 1. The monoisotopic (exact) mass is 453 g/mol. The second-order valence-corrected chi connectivity index (χ2v) is 7.16. The second kappa shape index (κ2) is 9.71. The van der Waals surface area contributed by atoms with E-state index in [1.165, 1.54) is 18.3 Å². The molecular formula is C26H19N3O5. The van der Waals surface area contributed by atoms with Gasteiger partial charge in [-0.3, -0.25) is 10.1 Å². The van der Waals surface area contributed by atoms with Crippen LogP contribution in [0.15, 0.2) is 82.2 Å². The van der Waals surface area contributed by atoms with Crippen LogP contribution < -0.4 is 9.47 Å². The van der Waals surface area contributed by atoms with Crippen molar-refractivity contribution in [1.82, 2.24) is 0 Å². The zero-order valence-corrected chi connectivity index (χ0v) is 18.4. The summed E-state index contributed by atoms with van der Waals surface area (Å²) in [6.45, 7) is 0. The summed E-state index contributed by atoms with van der Waals surface area (Å²) in [7, 11) is 3.17. The predicted octanol–water partition coefficient (Wildman–Crippen LogP) is 6.16. The fraction of sp³-hybridized carbons (Fsp3) is 0.0769. The van der Waals surface area contributed by atoms with Crippen LogP contribution in [0.3, 0.4) is 0 Å². The highest BCUT2D eigenvalue weighted by Crippen LogP contribution is 2.43. The van der Waals surface area contributed by atoms with Gasteiger partial charge in [0.2, 0.25) is 5.88 Å². The summed E-state index contributed by atoms with van der Waals surface area (Å²) >= 11 is 0. The number of hydrogen-bond donors (Lipinski definition) is 0. The lowest BCUT2D eigenvalue weighted by atomic mass is 9.98. The molecule has 168 valence electrons. The highest BCUT2D eigenvalue weighted by Gasteiger charge is 2.23. The van der Waals surface area contributed by atoms with Crippen LogP contribution in [0.4, 0.5) is 11.6 Å². The van der Waals surface area contributed by atoms with Crippen molar-refractivity contribution in [3.05, 3.63) is 94.0 Å². The van der Waals surface area contributed by atoms with Gasteiger partial charge < -0.3 is 13.9 Å². The van der Waals surface area contributed by atoms with E-state index >= 15 is 0 Å². The Kier molecular flexibility index (Phi) is 6.37. The van der Waals surface area contributed by atoms with Gasteiger partial charge in [-0.2, -0.15) is 5.26 Å². The maximum absolute atomic E-state index is 10.9. The summed E-state index contributed by atoms with van der Waals surface area (Å²) in [5.41, 5.74) is 3.00. The highest BCUT2D eigenvalue weighted by molar-refractivity contribution is 5.90. The molecule has 8 nitrogen and oxygen atoms in total. The molecule has 1 heterocycles. The molecule has 4 aromatic rings. The van der Waals surface area contributed by atoms with Gasteiger partial charge in [0.05, 0.1) is 19.1 Å². The van der Waals surface area contributed by atoms with Crippen LogP contribution in [-0.2, 0) is 0 Å². The number of ether oxygens (including phenoxy) is 2. The molecule has 0 fully saturated rings. The first kappa shape index (κ1) is 22.3. The lowest BCUT2D eigenvalue weighted by Gasteiger charge is -2.06. The summed E-state index contributed by atoms with van der Waals surface area (Å²) in [5.74, 6) is 2.00. The van der Waals surface area contributed by atoms with Gasteiger partial charge >= 0.3 is 0 Å². The van der Waals surface area contributed by atoms with Gasteiger partial charge in [0, 0.05) is 29.5 Å². The number of nitro benzene ring substituents is 1. The molecule has 3 aromatic carbocycles. The second-order valence-electron chi connectivity index (χ2n) is 7.16. The van der Waals surface area contributed by atoms with Crippen LogP contribution in [0.2, 0.25) is 0 Å². The first-order valence-corrected chi connectivity index (χ1v) is 10.2. The van der Waals surface area contributed by atoms with E-state index in [2.05, 4.69) is 11.1 Å². The predicted molar refractivity (Wildman–Crippen MR) is 128 cm³/mol. The molecule has 0 saturated carbocycles. The number of nitro groups is 1. The Balaban J connectivity index is 1.82. The quantitative estimate of drug-likeness (QED) is 0.188. The van der Waals surface area contributed by atoms with Crippen LogP contribution in [0.25, 0.3) is 22.5 Å². The average Bonchev–Trinajstić information content (AvgIpc) is 3.26. The average molecular weight is 453 g/mol. The lowest BCUT2D eigenvalue weighted by Crippen LogP contribution is -1.88. The molecule has 0 spiro atoms. The van der Waals surface area contributed by atoms with Crippen molar-refractivity contribution in [2.24, 2.45) is 4.99 Å². The van der Waals surface area contributed by atoms with Crippen LogP contribution in [0.5, 0.6) is 11.5 Å². The van der Waals surface area contributed by atoms with Crippen LogP contribution in [0.1, 0.15) is 11.1 Å². The first-order valence-electron chi connectivity index (χ1n) is 10.2. The molecule has 0 aliphatic carbocycles. The fourth-order valence-corrected chi connectivity index (χ4v) is 3.41. The Labute approximate surface area is 195 Å². The van der Waals surface area contributed by atoms with Crippen LogP contribution >= 0.6 is 0 Å². The van der Waals surface area contributed by atoms with Crippen LogP contribution in [0, 0.1) is 21.4 Å². The van der Waals surface area contributed by atoms with Gasteiger partial charge in [-0.1, -0.05) is 12.1 Å². The molecule has 0 atom stereocenters. The molecule has 0 N–H and O–H groups in total. The number of rotatable bonds is 7. The molecule has 4 rings (SSSR count). The van der Waals surface area contributed by atoms with Gasteiger partial charge in [0.1, 0.15) is 28.9 Å². The van der Waals surface area contributed by atoms with Crippen LogP contribution in [-0.4, -0.2) is 25.4 Å². The molecule has 0 saturated heterocycles. The summed E-state index contributed by atoms with van der Waals surface area (Å²) in [5, 5.41) is 20.9. The maximum atomic E-state index is 10.9. The van der Waals surface area contributed by atoms with Crippen molar-refractivity contribution in [3.8, 4) is 40.0 Å². The van der Waals surface area contributed by atoms with E-state index in [9.17, 15) is 15.4 Å². The van der Waals surface area contributed by atoms with Crippen molar-refractivity contribution in [2.75, 3.05) is 14.2 Å². The molecule has 0 amide bonds. The zero-order chi connectivity index (χ0) is 24.1. The summed E-state index contributed by atoms with van der Waals surface area (Å²) in [6, 6.07) is 22.7. The topological polar surface area (TPSA) is 111 Å². The Hall–Kier alpha value is -4.90. The van der Waals surface area contributed by atoms with Gasteiger partial charge in [0.15, 0.2) is 0 Å². The number of nitrogens with zero attached hydrogens (tertiary/aromatic N) is 3. The van der Waals surface area contributed by atoms with Gasteiger partial charge in [-0.15, -0.1) is 0 Å². The van der Waals surface area contributed by atoms with E-state index in [0.29, 0.717) is 28.4 Å². The third-order valence-corrected chi connectivity index (χ3v) is 5.17. The molecule has 1 aromatic heterocycles. The summed E-state index contributed by atoms with van der Waals surface area (Å²) < 4.78 is 16.6. The fourth-order valence-electron chi connectivity index (χ4n) is 3.41. The van der Waals surface area contributed by atoms with E-state index in [1.54, 1.807) is 38.5 Å². The smallest absolute Gasteiger partial charge is 0.269 e. The standard InChI is InChI=1S/C26H19N3O5/c1-32-21-11-5-18(6-12-21)24-23(15-27)26(28-16-17-3-9-20(10-4-17)29(30)31)34-25(24)19-7-13-22(33-2)14-8-19/h3-14,16H,1-2H3/b28-16+. The van der Waals surface area contributed by atoms with E-state index in [-0.39, 0.29) is 17.1 Å². The molecule has 0 aliphatic rings. The number of methoxy groups -OCH3 is 2. The Morgan fingerprint density at radius 2 is 1.47 bits per heavy atom. The van der Waals surface area contributed by atoms with Gasteiger partial charge in [-0.05, 0) is 59.7 Å². The lowest BCUT2D eigenvalue weighted by molar-refractivity contribution is -0.384. The first-order chi connectivity index (χ1) is 16.5. The molecule has 8 heteroatoms. The molecule has 0 unspecified atom stereocenters. The van der Waals surface area contributed by atoms with E-state index in [1.807, 2.05) is 36.4 Å². The Morgan fingerprint density at radius 1 is 0.912 bits per heavy atom. The SMILES string of the molecule is COc1ccc(-c2oc(/N=C/c3ccc([N+](=O)[O-])cc3)c(C#N)c2-c2ccc(OC)cc2)cc1. The molecular weight excluding hydrogens is 434 g/mol. The number of aliphatic imine (C=N–C) groups is 1. The van der Waals surface area contributed by atoms with E-state index < -0.39 is 4.92 Å². The molecule has 0 aliphatic heterocycles. The van der Waals surface area contributed by atoms with Crippen molar-refractivity contribution < 1.29 is 18.8 Å². The van der Waals surface area contributed by atoms with Gasteiger partial charge in [-0.25, -0.2) is 4.99 Å².